The molecule has 114 valence electrons. The van der Waals surface area contributed by atoms with Gasteiger partial charge < -0.3 is 10.5 Å². The van der Waals surface area contributed by atoms with Crippen molar-refractivity contribution in [3.05, 3.63) is 27.3 Å². The average Bonchev–Trinajstić information content (AvgIpc) is 2.74. The lowest BCUT2D eigenvalue weighted by Crippen LogP contribution is -2.38. The third kappa shape index (κ3) is 2.17. The van der Waals surface area contributed by atoms with E-state index in [1.54, 1.807) is 12.1 Å². The fourth-order valence-electron chi connectivity index (χ4n) is 4.21. The zero-order chi connectivity index (χ0) is 15.4. The molecule has 1 aromatic rings. The van der Waals surface area contributed by atoms with Crippen molar-refractivity contribution in [2.75, 3.05) is 5.73 Å². The summed E-state index contributed by atoms with van der Waals surface area (Å²) in [5.74, 6) is 0.383. The predicted molar refractivity (Wildman–Crippen MR) is 92.0 cm³/mol. The molecule has 0 aromatic heterocycles. The molecule has 2 fully saturated rings. The van der Waals surface area contributed by atoms with Crippen LogP contribution in [0.25, 0.3) is 0 Å². The lowest BCUT2D eigenvalue weighted by molar-refractivity contribution is -0.0241. The average molecular weight is 399 g/mol. The summed E-state index contributed by atoms with van der Waals surface area (Å²) in [4.78, 5) is 12.5. The molecule has 3 unspecified atom stereocenters. The highest BCUT2D eigenvalue weighted by Crippen LogP contribution is 2.66. The van der Waals surface area contributed by atoms with E-state index in [0.717, 1.165) is 16.4 Å². The van der Waals surface area contributed by atoms with E-state index >= 15 is 0 Å². The second-order valence-electron chi connectivity index (χ2n) is 7.24. The molecule has 0 radical (unpaired) electrons. The Morgan fingerprint density at radius 2 is 2.10 bits per heavy atom. The van der Waals surface area contributed by atoms with Crippen LogP contribution in [0.1, 0.15) is 50.4 Å². The van der Waals surface area contributed by atoms with Gasteiger partial charge in [0.2, 0.25) is 0 Å². The lowest BCUT2D eigenvalue weighted by atomic mass is 9.70. The van der Waals surface area contributed by atoms with E-state index in [9.17, 15) is 4.79 Å². The number of rotatable bonds is 2. The Labute approximate surface area is 139 Å². The minimum atomic E-state index is -0.277. The zero-order valence-corrected chi connectivity index (χ0v) is 14.9. The molecular weight excluding hydrogens is 377 g/mol. The molecule has 3 rings (SSSR count). The van der Waals surface area contributed by atoms with Crippen LogP contribution in [0.5, 0.6) is 0 Å². The summed E-state index contributed by atoms with van der Waals surface area (Å²) >= 11 is 2.18. The maximum Gasteiger partial charge on any atom is 0.340 e. The minimum Gasteiger partial charge on any atom is -0.458 e. The molecule has 1 aromatic carbocycles. The Bertz CT molecular complexity index is 598. The number of carbonyl (C=O) groups is 1. The number of ether oxygens (including phenoxy) is 1. The molecule has 4 heteroatoms. The lowest BCUT2D eigenvalue weighted by Gasteiger charge is -2.38. The van der Waals surface area contributed by atoms with Gasteiger partial charge in [-0.3, -0.25) is 0 Å². The van der Waals surface area contributed by atoms with Crippen molar-refractivity contribution in [1.82, 2.24) is 0 Å². The van der Waals surface area contributed by atoms with Crippen LogP contribution < -0.4 is 5.73 Å². The number of carbonyl (C=O) groups excluding carboxylic acids is 1. The molecule has 2 N–H and O–H groups in total. The molecule has 3 atom stereocenters. The van der Waals surface area contributed by atoms with E-state index in [1.165, 1.54) is 6.42 Å². The van der Waals surface area contributed by atoms with Crippen LogP contribution in [-0.2, 0) is 4.74 Å². The van der Waals surface area contributed by atoms with Crippen LogP contribution in [0, 0.1) is 20.3 Å². The molecule has 0 heterocycles. The van der Waals surface area contributed by atoms with E-state index in [4.69, 9.17) is 10.5 Å². The van der Waals surface area contributed by atoms with Crippen LogP contribution in [-0.4, -0.2) is 12.1 Å². The molecule has 2 aliphatic carbocycles. The van der Waals surface area contributed by atoms with Gasteiger partial charge in [-0.2, -0.15) is 0 Å². The Morgan fingerprint density at radius 1 is 1.38 bits per heavy atom. The van der Waals surface area contributed by atoms with Gasteiger partial charge in [-0.25, -0.2) is 4.79 Å². The molecule has 0 saturated heterocycles. The highest BCUT2D eigenvalue weighted by atomic mass is 127. The monoisotopic (exact) mass is 399 g/mol. The van der Waals surface area contributed by atoms with Crippen molar-refractivity contribution < 1.29 is 9.53 Å². The second kappa shape index (κ2) is 4.86. The zero-order valence-electron chi connectivity index (χ0n) is 12.8. The van der Waals surface area contributed by atoms with E-state index < -0.39 is 0 Å². The number of hydrogen-bond acceptors (Lipinski definition) is 3. The molecule has 2 bridgehead atoms. The van der Waals surface area contributed by atoms with Crippen LogP contribution >= 0.6 is 22.6 Å². The Kier molecular flexibility index (Phi) is 3.50. The Hall–Kier alpha value is -0.780. The first kappa shape index (κ1) is 15.1. The predicted octanol–water partition coefficient (Wildman–Crippen LogP) is 4.25. The van der Waals surface area contributed by atoms with Gasteiger partial charge in [-0.05, 0) is 71.4 Å². The summed E-state index contributed by atoms with van der Waals surface area (Å²) < 4.78 is 6.88. The SMILES string of the molecule is CC1(C)C2CCC1(C)C(OC(=O)c1cc(I)ccc1N)C2. The van der Waals surface area contributed by atoms with Gasteiger partial charge in [-0.1, -0.05) is 20.8 Å². The van der Waals surface area contributed by atoms with Gasteiger partial charge in [0.25, 0.3) is 0 Å². The quantitative estimate of drug-likeness (QED) is 0.460. The Balaban J connectivity index is 1.82. The molecule has 0 amide bonds. The van der Waals surface area contributed by atoms with Gasteiger partial charge in [0.15, 0.2) is 0 Å². The van der Waals surface area contributed by atoms with Gasteiger partial charge in [0.05, 0.1) is 5.56 Å². The Morgan fingerprint density at radius 3 is 2.67 bits per heavy atom. The summed E-state index contributed by atoms with van der Waals surface area (Å²) in [6.07, 6.45) is 3.39. The number of esters is 1. The van der Waals surface area contributed by atoms with E-state index in [0.29, 0.717) is 17.2 Å². The third-order valence-electron chi connectivity index (χ3n) is 6.20. The second-order valence-corrected chi connectivity index (χ2v) is 8.48. The fourth-order valence-corrected chi connectivity index (χ4v) is 4.70. The molecule has 2 aliphatic rings. The van der Waals surface area contributed by atoms with Crippen molar-refractivity contribution >= 4 is 34.2 Å². The van der Waals surface area contributed by atoms with Crippen molar-refractivity contribution in [1.29, 1.82) is 0 Å². The highest BCUT2D eigenvalue weighted by Gasteiger charge is 2.62. The van der Waals surface area contributed by atoms with E-state index in [2.05, 4.69) is 43.4 Å². The van der Waals surface area contributed by atoms with Gasteiger partial charge >= 0.3 is 5.97 Å². The summed E-state index contributed by atoms with van der Waals surface area (Å²) in [5.41, 5.74) is 7.24. The maximum absolute atomic E-state index is 12.5. The summed E-state index contributed by atoms with van der Waals surface area (Å²) in [6.45, 7) is 6.91. The summed E-state index contributed by atoms with van der Waals surface area (Å²) in [7, 11) is 0. The van der Waals surface area contributed by atoms with Crippen LogP contribution in [0.2, 0.25) is 0 Å². The standard InChI is InChI=1S/C17H22INO2/c1-16(2)10-6-7-17(16,3)14(8-10)21-15(20)12-9-11(18)4-5-13(12)19/h4-5,9-10,14H,6-8,19H2,1-3H3. The minimum absolute atomic E-state index is 0.0102. The number of nitrogen functional groups attached to an aromatic ring is 1. The van der Waals surface area contributed by atoms with Gasteiger partial charge in [0, 0.05) is 14.7 Å². The van der Waals surface area contributed by atoms with Crippen molar-refractivity contribution in [3.63, 3.8) is 0 Å². The molecule has 0 spiro atoms. The number of benzene rings is 1. The van der Waals surface area contributed by atoms with Crippen molar-refractivity contribution in [2.45, 2.75) is 46.1 Å². The maximum atomic E-state index is 12.5. The van der Waals surface area contributed by atoms with Crippen LogP contribution in [0.15, 0.2) is 18.2 Å². The molecule has 3 nitrogen and oxygen atoms in total. The molecule has 0 aliphatic heterocycles. The van der Waals surface area contributed by atoms with E-state index in [1.807, 2.05) is 6.07 Å². The summed E-state index contributed by atoms with van der Waals surface area (Å²) in [6, 6.07) is 5.47. The highest BCUT2D eigenvalue weighted by molar-refractivity contribution is 14.1. The first-order valence-electron chi connectivity index (χ1n) is 7.52. The molecule has 2 saturated carbocycles. The fraction of sp³-hybridized carbons (Fsp3) is 0.588. The largest absolute Gasteiger partial charge is 0.458 e. The molecule has 21 heavy (non-hydrogen) atoms. The van der Waals surface area contributed by atoms with Gasteiger partial charge in [0.1, 0.15) is 6.10 Å². The first-order chi connectivity index (χ1) is 9.75. The van der Waals surface area contributed by atoms with Crippen molar-refractivity contribution in [2.24, 2.45) is 16.7 Å². The number of hydrogen-bond donors (Lipinski definition) is 1. The number of anilines is 1. The van der Waals surface area contributed by atoms with Crippen LogP contribution in [0.4, 0.5) is 5.69 Å². The van der Waals surface area contributed by atoms with Gasteiger partial charge in [-0.15, -0.1) is 0 Å². The number of halogens is 1. The number of fused-ring (bicyclic) bond motifs is 2. The molecular formula is C17H22INO2. The third-order valence-corrected chi connectivity index (χ3v) is 6.87. The van der Waals surface area contributed by atoms with E-state index in [-0.39, 0.29) is 22.9 Å². The topological polar surface area (TPSA) is 52.3 Å². The normalized spacial score (nSPS) is 33.1. The first-order valence-corrected chi connectivity index (χ1v) is 8.59. The number of nitrogens with two attached hydrogens (primary N) is 1. The van der Waals surface area contributed by atoms with Crippen LogP contribution in [0.3, 0.4) is 0 Å². The summed E-state index contributed by atoms with van der Waals surface area (Å²) in [5, 5.41) is 0. The van der Waals surface area contributed by atoms with Crippen molar-refractivity contribution in [3.8, 4) is 0 Å². The smallest absolute Gasteiger partial charge is 0.340 e.